The van der Waals surface area contributed by atoms with Crippen LogP contribution in [-0.4, -0.2) is 75.7 Å². The minimum Gasteiger partial charge on any atom is -0.376 e. The summed E-state index contributed by atoms with van der Waals surface area (Å²) >= 11 is 0. The van der Waals surface area contributed by atoms with Crippen LogP contribution >= 0.6 is 24.0 Å². The molecule has 1 saturated carbocycles. The molecule has 6 nitrogen and oxygen atoms in total. The Kier molecular flexibility index (Phi) is 12.8. The smallest absolute Gasteiger partial charge is 0.193 e. The molecule has 3 aliphatic rings. The van der Waals surface area contributed by atoms with E-state index in [4.69, 9.17) is 14.2 Å². The summed E-state index contributed by atoms with van der Waals surface area (Å²) in [5.74, 6) is 0.999. The highest BCUT2D eigenvalue weighted by atomic mass is 127. The number of aliphatic imine (C=N–C) groups is 1. The predicted octanol–water partition coefficient (Wildman–Crippen LogP) is 3.97. The Bertz CT molecular complexity index is 445. The van der Waals surface area contributed by atoms with Gasteiger partial charge in [-0.3, -0.25) is 4.99 Å². The van der Waals surface area contributed by atoms with Crippen molar-refractivity contribution in [3.05, 3.63) is 0 Å². The fourth-order valence-corrected chi connectivity index (χ4v) is 4.55. The Hall–Kier alpha value is -0.120. The Morgan fingerprint density at radius 1 is 0.931 bits per heavy atom. The van der Waals surface area contributed by atoms with Crippen LogP contribution < -0.4 is 5.32 Å². The largest absolute Gasteiger partial charge is 0.376 e. The minimum atomic E-state index is 0. The number of rotatable bonds is 7. The van der Waals surface area contributed by atoms with Crippen LogP contribution in [0, 0.1) is 0 Å². The summed E-state index contributed by atoms with van der Waals surface area (Å²) in [6.07, 6.45) is 14.7. The highest BCUT2D eigenvalue weighted by molar-refractivity contribution is 14.0. The first-order valence-corrected chi connectivity index (χ1v) is 11.7. The molecular weight excluding hydrogens is 481 g/mol. The van der Waals surface area contributed by atoms with Crippen molar-refractivity contribution in [3.63, 3.8) is 0 Å². The zero-order valence-electron chi connectivity index (χ0n) is 18.3. The molecule has 0 aromatic heterocycles. The molecule has 29 heavy (non-hydrogen) atoms. The minimum absolute atomic E-state index is 0. The van der Waals surface area contributed by atoms with E-state index in [1.807, 2.05) is 7.05 Å². The van der Waals surface area contributed by atoms with Gasteiger partial charge >= 0.3 is 0 Å². The van der Waals surface area contributed by atoms with Crippen molar-refractivity contribution in [2.24, 2.45) is 4.99 Å². The maximum absolute atomic E-state index is 6.13. The van der Waals surface area contributed by atoms with Crippen molar-refractivity contribution in [1.82, 2.24) is 10.2 Å². The van der Waals surface area contributed by atoms with Crippen LogP contribution in [0.2, 0.25) is 0 Å². The number of piperidine rings is 1. The first-order chi connectivity index (χ1) is 13.8. The number of guanidine groups is 1. The second kappa shape index (κ2) is 14.8. The highest BCUT2D eigenvalue weighted by Crippen LogP contribution is 2.20. The molecule has 1 N–H and O–H groups in total. The lowest BCUT2D eigenvalue weighted by molar-refractivity contribution is -0.0721. The van der Waals surface area contributed by atoms with Crippen molar-refractivity contribution < 1.29 is 14.2 Å². The molecule has 3 rings (SSSR count). The predicted molar refractivity (Wildman–Crippen MR) is 128 cm³/mol. The van der Waals surface area contributed by atoms with Gasteiger partial charge in [-0.1, -0.05) is 25.7 Å². The summed E-state index contributed by atoms with van der Waals surface area (Å²) in [4.78, 5) is 6.82. The van der Waals surface area contributed by atoms with E-state index in [1.54, 1.807) is 0 Å². The van der Waals surface area contributed by atoms with Crippen LogP contribution in [0.4, 0.5) is 0 Å². The number of hydrogen-bond acceptors (Lipinski definition) is 4. The van der Waals surface area contributed by atoms with Crippen molar-refractivity contribution in [3.8, 4) is 0 Å². The molecule has 0 aromatic rings. The average molecular weight is 524 g/mol. The van der Waals surface area contributed by atoms with Gasteiger partial charge in [-0.2, -0.15) is 0 Å². The van der Waals surface area contributed by atoms with Gasteiger partial charge in [0.15, 0.2) is 5.96 Å². The van der Waals surface area contributed by atoms with E-state index >= 15 is 0 Å². The molecular formula is C22H42IN3O3. The molecule has 0 aromatic carbocycles. The van der Waals surface area contributed by atoms with E-state index in [2.05, 4.69) is 15.2 Å². The zero-order chi connectivity index (χ0) is 19.4. The van der Waals surface area contributed by atoms with E-state index in [9.17, 15) is 0 Å². The third kappa shape index (κ3) is 9.27. The van der Waals surface area contributed by atoms with E-state index in [1.165, 1.54) is 51.4 Å². The Morgan fingerprint density at radius 3 is 2.28 bits per heavy atom. The fourth-order valence-electron chi connectivity index (χ4n) is 4.55. The quantitative estimate of drug-likeness (QED) is 0.180. The summed E-state index contributed by atoms with van der Waals surface area (Å²) < 4.78 is 18.0. The van der Waals surface area contributed by atoms with Gasteiger partial charge in [0.05, 0.1) is 31.5 Å². The van der Waals surface area contributed by atoms with E-state index in [0.29, 0.717) is 18.3 Å². The second-order valence-corrected chi connectivity index (χ2v) is 8.47. The molecule has 1 aliphatic carbocycles. The molecule has 0 bridgehead atoms. The fraction of sp³-hybridized carbons (Fsp3) is 0.955. The molecule has 0 amide bonds. The van der Waals surface area contributed by atoms with Crippen molar-refractivity contribution in [2.45, 2.75) is 88.9 Å². The lowest BCUT2D eigenvalue weighted by Gasteiger charge is -2.35. The van der Waals surface area contributed by atoms with Gasteiger partial charge in [0.2, 0.25) is 0 Å². The third-order valence-electron chi connectivity index (χ3n) is 6.29. The van der Waals surface area contributed by atoms with Gasteiger partial charge in [-0.05, 0) is 44.9 Å². The van der Waals surface area contributed by atoms with E-state index in [0.717, 1.165) is 64.7 Å². The molecule has 1 unspecified atom stereocenters. The van der Waals surface area contributed by atoms with Gasteiger partial charge in [0.1, 0.15) is 0 Å². The maximum Gasteiger partial charge on any atom is 0.193 e. The van der Waals surface area contributed by atoms with Crippen LogP contribution in [0.5, 0.6) is 0 Å². The van der Waals surface area contributed by atoms with Gasteiger partial charge in [-0.15, -0.1) is 24.0 Å². The van der Waals surface area contributed by atoms with Crippen LogP contribution in [0.1, 0.15) is 70.6 Å². The molecule has 7 heteroatoms. The Labute approximate surface area is 194 Å². The van der Waals surface area contributed by atoms with Crippen LogP contribution in [0.3, 0.4) is 0 Å². The van der Waals surface area contributed by atoms with E-state index < -0.39 is 0 Å². The van der Waals surface area contributed by atoms with Crippen LogP contribution in [0.15, 0.2) is 4.99 Å². The van der Waals surface area contributed by atoms with E-state index in [-0.39, 0.29) is 24.0 Å². The van der Waals surface area contributed by atoms with Crippen LogP contribution in [-0.2, 0) is 14.2 Å². The second-order valence-electron chi connectivity index (χ2n) is 8.47. The summed E-state index contributed by atoms with van der Waals surface area (Å²) in [7, 11) is 1.87. The molecule has 170 valence electrons. The lowest BCUT2D eigenvalue weighted by atomic mass is 10.1. The summed E-state index contributed by atoms with van der Waals surface area (Å²) in [5, 5.41) is 3.48. The molecule has 2 aliphatic heterocycles. The first kappa shape index (κ1) is 25.1. The number of likely N-dealkylation sites (tertiary alicyclic amines) is 1. The molecule has 0 radical (unpaired) electrons. The highest BCUT2D eigenvalue weighted by Gasteiger charge is 2.23. The first-order valence-electron chi connectivity index (χ1n) is 11.7. The number of hydrogen-bond donors (Lipinski definition) is 1. The van der Waals surface area contributed by atoms with Gasteiger partial charge < -0.3 is 24.4 Å². The number of halogens is 1. The Balaban J connectivity index is 0.00000300. The van der Waals surface area contributed by atoms with Gasteiger partial charge in [-0.25, -0.2) is 0 Å². The SMILES string of the molecule is CN=C(NCCOC1CCCCCC1)N1CCC(OCC2CCCCO2)CC1.I. The van der Waals surface area contributed by atoms with Gasteiger partial charge in [0.25, 0.3) is 0 Å². The molecule has 1 atom stereocenters. The van der Waals surface area contributed by atoms with Crippen molar-refractivity contribution >= 4 is 29.9 Å². The molecule has 0 spiro atoms. The monoisotopic (exact) mass is 523 g/mol. The lowest BCUT2D eigenvalue weighted by Crippen LogP contribution is -2.48. The third-order valence-corrected chi connectivity index (χ3v) is 6.29. The normalized spacial score (nSPS) is 25.3. The summed E-state index contributed by atoms with van der Waals surface area (Å²) in [6.45, 7) is 5.26. The topological polar surface area (TPSA) is 55.3 Å². The number of nitrogens with one attached hydrogen (secondary N) is 1. The molecule has 2 saturated heterocycles. The molecule has 3 fully saturated rings. The standard InChI is InChI=1S/C22H41N3O3.HI/c1-23-22(24-13-17-27-19-8-4-2-3-5-9-19)25-14-11-20(12-15-25)28-18-21-10-6-7-16-26-21;/h19-21H,2-18H2,1H3,(H,23,24);1H. The van der Waals surface area contributed by atoms with Crippen LogP contribution in [0.25, 0.3) is 0 Å². The number of nitrogens with zero attached hydrogens (tertiary/aromatic N) is 2. The number of ether oxygens (including phenoxy) is 3. The molecule has 2 heterocycles. The maximum atomic E-state index is 6.13. The summed E-state index contributed by atoms with van der Waals surface area (Å²) in [5.41, 5.74) is 0. The summed E-state index contributed by atoms with van der Waals surface area (Å²) in [6, 6.07) is 0. The Morgan fingerprint density at radius 2 is 1.62 bits per heavy atom. The van der Waals surface area contributed by atoms with Crippen molar-refractivity contribution in [2.75, 3.05) is 46.5 Å². The van der Waals surface area contributed by atoms with Gasteiger partial charge in [0, 0.05) is 33.3 Å². The van der Waals surface area contributed by atoms with Crippen molar-refractivity contribution in [1.29, 1.82) is 0 Å². The zero-order valence-corrected chi connectivity index (χ0v) is 20.6. The average Bonchev–Trinajstić information content (AvgIpc) is 3.02.